The molecule has 1 aromatic rings. The van der Waals surface area contributed by atoms with E-state index in [0.717, 1.165) is 20.5 Å². The number of aromatic nitrogens is 2. The van der Waals surface area contributed by atoms with E-state index in [0.29, 0.717) is 0 Å². The minimum atomic E-state index is -0.424. The first-order valence-electron chi connectivity index (χ1n) is 10.2. The first-order valence-corrected chi connectivity index (χ1v) is 12.4. The molecule has 2 heterocycles. The average Bonchev–Trinajstić information content (AvgIpc) is 2.82. The second-order valence-electron chi connectivity index (χ2n) is 4.63. The molecule has 0 atom stereocenters. The molecular weight excluding hydrogens is 551 g/mol. The third kappa shape index (κ3) is 18.5. The second-order valence-corrected chi connectivity index (χ2v) is 6.32. The molecule has 1 fully saturated rings. The predicted octanol–water partition coefficient (Wildman–Crippen LogP) is 1.12. The maximum atomic E-state index is 10.9. The molecule has 2 amide bonds. The van der Waals surface area contributed by atoms with Crippen molar-refractivity contribution in [2.24, 2.45) is 21.0 Å². The first-order chi connectivity index (χ1) is 16.2. The number of carbonyl (C=O) groups is 2. The van der Waals surface area contributed by atoms with Crippen LogP contribution in [0.5, 0.6) is 0 Å². The number of hydrogen-bond donors (Lipinski definition) is 3. The Balaban J connectivity index is -0.000000184. The summed E-state index contributed by atoms with van der Waals surface area (Å²) in [4.78, 5) is 27.3. The number of hydrogen-bond acceptors (Lipinski definition) is 7. The molecule has 0 aromatic carbocycles. The van der Waals surface area contributed by atoms with Gasteiger partial charge in [0.25, 0.3) is 0 Å². The molecule has 2 rings (SSSR count). The molecule has 0 saturated carbocycles. The standard InChI is InChI=1S/C7H8N3.C5H4N3O2.C2H4N3.3C2H6.3V/c1-6-4-7(2)10(8-3)5-9-6;1-6-8-3-7-4(9)2-5(8)10;1-4-5-2-3;3*1-2;;;/h3-4H,1-2H3;1H,2H2,(H,7,9);1,4H,(H2,3,5);3*1-2H3;;;/q3*-1;;;;;;. The van der Waals surface area contributed by atoms with E-state index in [1.54, 1.807) is 9.53 Å². The normalized spacial score (nSPS) is 11.0. The van der Waals surface area contributed by atoms with Crippen molar-refractivity contribution in [3.63, 3.8) is 0 Å². The van der Waals surface area contributed by atoms with Crippen molar-refractivity contribution in [2.45, 2.75) is 61.8 Å². The molecule has 1 aliphatic rings. The molecule has 0 unspecified atom stereocenters. The van der Waals surface area contributed by atoms with E-state index < -0.39 is 5.91 Å². The number of carbonyl (C=O) groups excluding carboxylic acids is 2. The number of rotatable bonds is 4. The zero-order valence-corrected chi connectivity index (χ0v) is 25.1. The van der Waals surface area contributed by atoms with Gasteiger partial charge >= 0.3 is 190 Å². The quantitative estimate of drug-likeness (QED) is 0.121. The fourth-order valence-electron chi connectivity index (χ4n) is 1.64. The average molecular weight is 585 g/mol. The van der Waals surface area contributed by atoms with Crippen LogP contribution >= 0.6 is 0 Å². The van der Waals surface area contributed by atoms with Crippen LogP contribution in [0.2, 0.25) is 0 Å². The Morgan fingerprint density at radius 3 is 2.00 bits per heavy atom. The molecule has 4 N–H and O–H groups in total. The fourth-order valence-corrected chi connectivity index (χ4v) is 2.75. The number of aryl methyl sites for hydroxylation is 2. The van der Waals surface area contributed by atoms with Gasteiger partial charge in [0.15, 0.2) is 0 Å². The second kappa shape index (κ2) is 27.4. The number of nitrogens with one attached hydrogen (secondary N) is 2. The van der Waals surface area contributed by atoms with E-state index in [4.69, 9.17) is 19.2 Å². The van der Waals surface area contributed by atoms with E-state index in [-0.39, 0.29) is 16.8 Å². The Kier molecular flexibility index (Phi) is 31.7. The Bertz CT molecular complexity index is 836. The third-order valence-corrected chi connectivity index (χ3v) is 3.74. The van der Waals surface area contributed by atoms with Gasteiger partial charge in [-0.2, -0.15) is 0 Å². The number of nitrogens with two attached hydrogens (primary N) is 1. The van der Waals surface area contributed by atoms with Crippen LogP contribution in [0.1, 0.15) is 59.4 Å². The molecule has 34 heavy (non-hydrogen) atoms. The van der Waals surface area contributed by atoms with Crippen molar-refractivity contribution in [3.05, 3.63) is 21.6 Å². The molecule has 189 valence electrons. The maximum absolute atomic E-state index is 10.9. The van der Waals surface area contributed by atoms with Gasteiger partial charge in [-0.05, 0) is 0 Å². The van der Waals surface area contributed by atoms with Gasteiger partial charge in [0.1, 0.15) is 0 Å². The summed E-state index contributed by atoms with van der Waals surface area (Å²) < 4.78 is 2.60. The van der Waals surface area contributed by atoms with Gasteiger partial charge in [-0.15, -0.1) is 0 Å². The third-order valence-electron chi connectivity index (χ3n) is 2.64. The van der Waals surface area contributed by atoms with Crippen molar-refractivity contribution in [3.8, 4) is 0 Å². The van der Waals surface area contributed by atoms with Gasteiger partial charge in [-0.3, -0.25) is 0 Å². The SMILES string of the molecule is CC.CC.CC.N[C-]=NN[CH]=[V].[CH-]=NN1C(=O)CC(=O)N[C]1=[V].[CH-]=Nn1c(C)cc(C)n[c]1=[V]. The number of hydrazone groups is 2. The minimum absolute atomic E-state index is 0.206. The van der Waals surface area contributed by atoms with Gasteiger partial charge in [0.2, 0.25) is 0 Å². The summed E-state index contributed by atoms with van der Waals surface area (Å²) in [6.07, 6.45) is 1.83. The monoisotopic (exact) mass is 585 g/mol. The van der Waals surface area contributed by atoms with Crippen LogP contribution in [-0.4, -0.2) is 55.6 Å². The van der Waals surface area contributed by atoms with Crippen LogP contribution in [0.3, 0.4) is 0 Å². The van der Waals surface area contributed by atoms with Crippen LogP contribution in [-0.2, 0) is 60.5 Å². The molecule has 1 saturated heterocycles. The van der Waals surface area contributed by atoms with Crippen LogP contribution in [0.4, 0.5) is 0 Å². The summed E-state index contributed by atoms with van der Waals surface area (Å²) in [7, 11) is 0. The molecule has 0 bridgehead atoms. The molecule has 0 spiro atoms. The first kappa shape index (κ1) is 39.3. The summed E-state index contributed by atoms with van der Waals surface area (Å²) in [5.74, 6) is -0.766. The van der Waals surface area contributed by atoms with E-state index in [1.807, 2.05) is 84.8 Å². The van der Waals surface area contributed by atoms with Crippen LogP contribution in [0, 0.1) is 18.0 Å². The summed E-state index contributed by atoms with van der Waals surface area (Å²) in [6, 6.07) is 1.92. The number of nitrogens with zero attached hydrogens (tertiary/aromatic N) is 6. The van der Waals surface area contributed by atoms with Crippen LogP contribution in [0.25, 0.3) is 0 Å². The van der Waals surface area contributed by atoms with Gasteiger partial charge in [-0.1, -0.05) is 41.5 Å². The topological polar surface area (TPSA) is 142 Å². The van der Waals surface area contributed by atoms with Crippen molar-refractivity contribution < 1.29 is 60.5 Å². The molecule has 11 nitrogen and oxygen atoms in total. The number of amides is 2. The zero-order chi connectivity index (χ0) is 27.7. The molecule has 1 aromatic heterocycles. The molecule has 0 radical (unpaired) electrons. The van der Waals surface area contributed by atoms with Crippen molar-refractivity contribution in [1.82, 2.24) is 25.4 Å². The fraction of sp³-hybridized carbons (Fsp3) is 0.450. The predicted molar refractivity (Wildman–Crippen MR) is 127 cm³/mol. The Morgan fingerprint density at radius 2 is 1.68 bits per heavy atom. The summed E-state index contributed by atoms with van der Waals surface area (Å²) in [5, 5.41) is 13.3. The van der Waals surface area contributed by atoms with Crippen LogP contribution in [0.15, 0.2) is 21.4 Å². The molecule has 1 aliphatic heterocycles. The van der Waals surface area contributed by atoms with Crippen molar-refractivity contribution in [2.75, 3.05) is 0 Å². The summed E-state index contributed by atoms with van der Waals surface area (Å²) in [5.41, 5.74) is 9.09. The molecular formula is C20H34N9O2V3-3. The van der Waals surface area contributed by atoms with E-state index in [2.05, 4.69) is 65.0 Å². The zero-order valence-electron chi connectivity index (χ0n) is 20.9. The van der Waals surface area contributed by atoms with E-state index in [9.17, 15) is 9.59 Å². The van der Waals surface area contributed by atoms with Gasteiger partial charge in [0, 0.05) is 0 Å². The Labute approximate surface area is 230 Å². The van der Waals surface area contributed by atoms with Crippen molar-refractivity contribution >= 4 is 40.9 Å². The Hall–Kier alpha value is -1.88. The molecule has 0 aliphatic carbocycles. The summed E-state index contributed by atoms with van der Waals surface area (Å²) in [6.45, 7) is 25.9. The van der Waals surface area contributed by atoms with E-state index in [1.165, 1.54) is 0 Å². The van der Waals surface area contributed by atoms with Gasteiger partial charge in [-0.25, -0.2) is 0 Å². The van der Waals surface area contributed by atoms with Gasteiger partial charge < -0.3 is 0 Å². The Morgan fingerprint density at radius 1 is 1.15 bits per heavy atom. The van der Waals surface area contributed by atoms with Crippen LogP contribution < -0.4 is 16.5 Å². The summed E-state index contributed by atoms with van der Waals surface area (Å²) >= 11 is 6.51. The van der Waals surface area contributed by atoms with E-state index >= 15 is 0 Å². The van der Waals surface area contributed by atoms with Crippen molar-refractivity contribution in [1.29, 1.82) is 0 Å². The van der Waals surface area contributed by atoms with Gasteiger partial charge in [0.05, 0.1) is 0 Å². The molecule has 14 heteroatoms.